The molecule has 142 valence electrons. The lowest BCUT2D eigenvalue weighted by Gasteiger charge is -2.21. The summed E-state index contributed by atoms with van der Waals surface area (Å²) in [6, 6.07) is 8.00. The minimum atomic E-state index is -0.816. The van der Waals surface area contributed by atoms with Gasteiger partial charge >= 0.3 is 6.09 Å². The average Bonchev–Trinajstić information content (AvgIpc) is 3.22. The van der Waals surface area contributed by atoms with Gasteiger partial charge in [-0.05, 0) is 37.6 Å². The van der Waals surface area contributed by atoms with Crippen LogP contribution in [0.2, 0.25) is 0 Å². The Bertz CT molecular complexity index is 788. The molecule has 2 fully saturated rings. The van der Waals surface area contributed by atoms with Gasteiger partial charge in [-0.15, -0.1) is 0 Å². The Labute approximate surface area is 155 Å². The first-order valence-electron chi connectivity index (χ1n) is 8.55. The molecule has 1 aromatic rings. The first-order chi connectivity index (χ1) is 13.0. The first-order valence-corrected chi connectivity index (χ1v) is 8.55. The van der Waals surface area contributed by atoms with Crippen LogP contribution in [0.1, 0.15) is 18.9 Å². The molecule has 0 saturated carbocycles. The zero-order valence-corrected chi connectivity index (χ0v) is 14.8. The second-order valence-corrected chi connectivity index (χ2v) is 6.49. The monoisotopic (exact) mass is 373 g/mol. The highest BCUT2D eigenvalue weighted by Crippen LogP contribution is 2.23. The maximum Gasteiger partial charge on any atom is 0.422 e. The van der Waals surface area contributed by atoms with Gasteiger partial charge in [-0.3, -0.25) is 0 Å². The van der Waals surface area contributed by atoms with Crippen LogP contribution in [0.5, 0.6) is 5.75 Å². The van der Waals surface area contributed by atoms with E-state index in [1.807, 2.05) is 13.0 Å². The molecule has 10 heteroatoms. The fourth-order valence-corrected chi connectivity index (χ4v) is 3.23. The van der Waals surface area contributed by atoms with E-state index < -0.39 is 11.1 Å². The number of benzene rings is 1. The Morgan fingerprint density at radius 1 is 1.44 bits per heavy atom. The van der Waals surface area contributed by atoms with Crippen molar-refractivity contribution in [1.82, 2.24) is 9.80 Å². The van der Waals surface area contributed by atoms with Crippen LogP contribution >= 0.6 is 0 Å². The summed E-state index contributed by atoms with van der Waals surface area (Å²) < 4.78 is 10.8. The minimum Gasteiger partial charge on any atom is -0.410 e. The molecule has 0 bridgehead atoms. The van der Waals surface area contributed by atoms with Crippen molar-refractivity contribution in [3.8, 4) is 11.8 Å². The maximum atomic E-state index is 12.5. The SMILES string of the molecule is CC1CC(CN2CCN(C(=O)Oc3ccc(C#N)cc3)C2=N[N+](=O)[O-])CO1. The normalized spacial score (nSPS) is 23.5. The van der Waals surface area contributed by atoms with E-state index >= 15 is 0 Å². The molecule has 2 unspecified atom stereocenters. The number of nitro groups is 1. The molecule has 2 aliphatic heterocycles. The molecule has 10 nitrogen and oxygen atoms in total. The van der Waals surface area contributed by atoms with Crippen molar-refractivity contribution in [2.24, 2.45) is 11.0 Å². The highest BCUT2D eigenvalue weighted by atomic mass is 16.7. The number of nitrogens with zero attached hydrogens (tertiary/aromatic N) is 5. The summed E-state index contributed by atoms with van der Waals surface area (Å²) >= 11 is 0. The summed E-state index contributed by atoms with van der Waals surface area (Å²) in [7, 11) is 0. The summed E-state index contributed by atoms with van der Waals surface area (Å²) in [5.74, 6) is 0.445. The molecule has 2 aliphatic rings. The molecule has 2 saturated heterocycles. The molecule has 3 rings (SSSR count). The largest absolute Gasteiger partial charge is 0.422 e. The Morgan fingerprint density at radius 2 is 2.19 bits per heavy atom. The number of guanidine groups is 1. The lowest BCUT2D eigenvalue weighted by Crippen LogP contribution is -2.41. The zero-order chi connectivity index (χ0) is 19.4. The van der Waals surface area contributed by atoms with Gasteiger partial charge < -0.3 is 14.4 Å². The van der Waals surface area contributed by atoms with Crippen molar-refractivity contribution in [3.05, 3.63) is 39.9 Å². The second kappa shape index (κ2) is 8.01. The standard InChI is InChI=1S/C17H19N5O5/c1-12-8-14(11-26-12)10-20-6-7-21(16(20)19-22(24)25)17(23)27-15-4-2-13(9-18)3-5-15/h2-5,12,14H,6-8,10-11H2,1H3. The number of hydrazone groups is 1. The predicted octanol–water partition coefficient (Wildman–Crippen LogP) is 1.65. The Hall–Kier alpha value is -3.19. The van der Waals surface area contributed by atoms with Crippen molar-refractivity contribution < 1.29 is 19.3 Å². The summed E-state index contributed by atoms with van der Waals surface area (Å²) in [5.41, 5.74) is 0.436. The Morgan fingerprint density at radius 3 is 2.78 bits per heavy atom. The molecule has 0 aromatic heterocycles. The van der Waals surface area contributed by atoms with Crippen LogP contribution in [0.15, 0.2) is 29.4 Å². The molecule has 0 N–H and O–H groups in total. The van der Waals surface area contributed by atoms with E-state index in [0.717, 1.165) is 11.3 Å². The van der Waals surface area contributed by atoms with Gasteiger partial charge in [0.05, 0.1) is 30.9 Å². The van der Waals surface area contributed by atoms with Gasteiger partial charge in [0.2, 0.25) is 0 Å². The number of nitriles is 1. The van der Waals surface area contributed by atoms with Gasteiger partial charge in [-0.25, -0.2) is 19.8 Å². The van der Waals surface area contributed by atoms with E-state index in [-0.39, 0.29) is 30.3 Å². The number of carbonyl (C=O) groups is 1. The summed E-state index contributed by atoms with van der Waals surface area (Å²) in [6.07, 6.45) is 0.266. The van der Waals surface area contributed by atoms with E-state index in [0.29, 0.717) is 25.3 Å². The molecule has 0 aliphatic carbocycles. The number of carbonyl (C=O) groups excluding carboxylic acids is 1. The summed E-state index contributed by atoms with van der Waals surface area (Å²) in [4.78, 5) is 26.3. The lowest BCUT2D eigenvalue weighted by atomic mass is 10.1. The summed E-state index contributed by atoms with van der Waals surface area (Å²) in [5, 5.41) is 22.3. The van der Waals surface area contributed by atoms with Crippen LogP contribution in [-0.4, -0.2) is 59.2 Å². The van der Waals surface area contributed by atoms with Crippen molar-refractivity contribution in [3.63, 3.8) is 0 Å². The van der Waals surface area contributed by atoms with E-state index in [9.17, 15) is 14.9 Å². The lowest BCUT2D eigenvalue weighted by molar-refractivity contribution is -0.486. The van der Waals surface area contributed by atoms with Gasteiger partial charge in [0.1, 0.15) is 10.9 Å². The third-order valence-corrected chi connectivity index (χ3v) is 4.46. The number of hydrogen-bond acceptors (Lipinski definition) is 6. The number of rotatable bonds is 4. The molecular formula is C17H19N5O5. The predicted molar refractivity (Wildman–Crippen MR) is 93.4 cm³/mol. The van der Waals surface area contributed by atoms with Crippen LogP contribution < -0.4 is 4.74 Å². The molecule has 2 atom stereocenters. The van der Waals surface area contributed by atoms with Crippen LogP contribution in [0.4, 0.5) is 4.79 Å². The highest BCUT2D eigenvalue weighted by Gasteiger charge is 2.37. The number of amides is 1. The van der Waals surface area contributed by atoms with Crippen LogP contribution in [-0.2, 0) is 4.74 Å². The van der Waals surface area contributed by atoms with Gasteiger partial charge in [-0.1, -0.05) is 0 Å². The quantitative estimate of drug-likeness (QED) is 0.581. The molecular weight excluding hydrogens is 354 g/mol. The third kappa shape index (κ3) is 4.51. The van der Waals surface area contributed by atoms with Gasteiger partial charge in [-0.2, -0.15) is 5.26 Å². The maximum absolute atomic E-state index is 12.5. The van der Waals surface area contributed by atoms with Crippen molar-refractivity contribution in [2.45, 2.75) is 19.4 Å². The fourth-order valence-electron chi connectivity index (χ4n) is 3.23. The average molecular weight is 373 g/mol. The molecule has 0 spiro atoms. The third-order valence-electron chi connectivity index (χ3n) is 4.46. The van der Waals surface area contributed by atoms with Crippen LogP contribution in [0, 0.1) is 27.4 Å². The smallest absolute Gasteiger partial charge is 0.410 e. The molecule has 1 aromatic carbocycles. The topological polar surface area (TPSA) is 121 Å². The van der Waals surface area contributed by atoms with Crippen LogP contribution in [0.25, 0.3) is 0 Å². The van der Waals surface area contributed by atoms with Crippen molar-refractivity contribution in [1.29, 1.82) is 5.26 Å². The molecule has 1 amide bonds. The van der Waals surface area contributed by atoms with Crippen molar-refractivity contribution >= 4 is 12.1 Å². The van der Waals surface area contributed by atoms with Crippen molar-refractivity contribution in [2.75, 3.05) is 26.2 Å². The highest BCUT2D eigenvalue weighted by molar-refractivity contribution is 5.96. The number of ether oxygens (including phenoxy) is 2. The minimum absolute atomic E-state index is 0.0294. The molecule has 27 heavy (non-hydrogen) atoms. The zero-order valence-electron chi connectivity index (χ0n) is 14.8. The van der Waals surface area contributed by atoms with E-state index in [2.05, 4.69) is 5.10 Å². The van der Waals surface area contributed by atoms with E-state index in [1.54, 1.807) is 4.90 Å². The van der Waals surface area contributed by atoms with E-state index in [4.69, 9.17) is 14.7 Å². The van der Waals surface area contributed by atoms with E-state index in [1.165, 1.54) is 24.3 Å². The van der Waals surface area contributed by atoms with Gasteiger partial charge in [0, 0.05) is 19.0 Å². The second-order valence-electron chi connectivity index (χ2n) is 6.49. The first kappa shape index (κ1) is 18.6. The molecule has 0 radical (unpaired) electrons. The van der Waals surface area contributed by atoms with Gasteiger partial charge in [0.15, 0.2) is 5.03 Å². The summed E-state index contributed by atoms with van der Waals surface area (Å²) in [6.45, 7) is 3.76. The Balaban J connectivity index is 1.70. The Kier molecular flexibility index (Phi) is 5.52. The van der Waals surface area contributed by atoms with Crippen LogP contribution in [0.3, 0.4) is 0 Å². The fraction of sp³-hybridized carbons (Fsp3) is 0.471. The van der Waals surface area contributed by atoms with Gasteiger partial charge in [0.25, 0.3) is 5.96 Å². The number of hydrogen-bond donors (Lipinski definition) is 0. The molecule has 2 heterocycles.